The molecular formula is C20H17ClN6O2S. The Kier molecular flexibility index (Phi) is 5.47. The van der Waals surface area contributed by atoms with Crippen molar-refractivity contribution in [3.8, 4) is 23.0 Å². The fourth-order valence-corrected chi connectivity index (χ4v) is 3.54. The van der Waals surface area contributed by atoms with Crippen molar-refractivity contribution in [2.75, 3.05) is 12.4 Å². The summed E-state index contributed by atoms with van der Waals surface area (Å²) in [7, 11) is 1.55. The van der Waals surface area contributed by atoms with Crippen molar-refractivity contribution in [3.05, 3.63) is 64.3 Å². The van der Waals surface area contributed by atoms with Crippen LogP contribution < -0.4 is 10.1 Å². The van der Waals surface area contributed by atoms with Crippen LogP contribution in [0.1, 0.15) is 21.6 Å². The molecule has 0 spiro atoms. The van der Waals surface area contributed by atoms with E-state index < -0.39 is 0 Å². The predicted molar refractivity (Wildman–Crippen MR) is 116 cm³/mol. The van der Waals surface area contributed by atoms with Gasteiger partial charge in [-0.3, -0.25) is 10.1 Å². The van der Waals surface area contributed by atoms with Crippen molar-refractivity contribution >= 4 is 34.2 Å². The van der Waals surface area contributed by atoms with Crippen LogP contribution in [0.3, 0.4) is 0 Å². The summed E-state index contributed by atoms with van der Waals surface area (Å²) >= 11 is 7.30. The van der Waals surface area contributed by atoms with Crippen molar-refractivity contribution in [2.45, 2.75) is 13.8 Å². The van der Waals surface area contributed by atoms with Crippen molar-refractivity contribution < 1.29 is 9.53 Å². The maximum atomic E-state index is 12.5. The van der Waals surface area contributed by atoms with Gasteiger partial charge in [-0.1, -0.05) is 28.9 Å². The second kappa shape index (κ2) is 8.21. The zero-order chi connectivity index (χ0) is 21.3. The van der Waals surface area contributed by atoms with Gasteiger partial charge in [-0.05, 0) is 49.7 Å². The van der Waals surface area contributed by atoms with Crippen LogP contribution in [-0.4, -0.2) is 37.4 Å². The van der Waals surface area contributed by atoms with Crippen LogP contribution in [0, 0.1) is 13.8 Å². The Morgan fingerprint density at radius 3 is 2.80 bits per heavy atom. The lowest BCUT2D eigenvalue weighted by Gasteiger charge is -2.05. The van der Waals surface area contributed by atoms with Crippen LogP contribution in [0.2, 0.25) is 5.02 Å². The quantitative estimate of drug-likeness (QED) is 0.496. The summed E-state index contributed by atoms with van der Waals surface area (Å²) in [5.41, 5.74) is 3.53. The Labute approximate surface area is 181 Å². The predicted octanol–water partition coefficient (Wildman–Crippen LogP) is 4.32. The lowest BCUT2D eigenvalue weighted by atomic mass is 10.2. The zero-order valence-electron chi connectivity index (χ0n) is 16.4. The molecule has 0 fully saturated rings. The Hall–Kier alpha value is -3.30. The van der Waals surface area contributed by atoms with E-state index >= 15 is 0 Å². The molecule has 0 aliphatic rings. The molecule has 2 aromatic heterocycles. The Morgan fingerprint density at radius 2 is 2.03 bits per heavy atom. The van der Waals surface area contributed by atoms with E-state index in [1.807, 2.05) is 32.0 Å². The molecule has 4 rings (SSSR count). The normalized spacial score (nSPS) is 10.8. The first-order valence-corrected chi connectivity index (χ1v) is 10.1. The van der Waals surface area contributed by atoms with E-state index in [1.54, 1.807) is 36.1 Å². The smallest absolute Gasteiger partial charge is 0.257 e. The van der Waals surface area contributed by atoms with E-state index in [0.717, 1.165) is 28.5 Å². The first kappa shape index (κ1) is 20.0. The van der Waals surface area contributed by atoms with Gasteiger partial charge in [0.2, 0.25) is 5.13 Å². The third-order valence-electron chi connectivity index (χ3n) is 4.48. The van der Waals surface area contributed by atoms with Crippen LogP contribution in [0.25, 0.3) is 17.2 Å². The largest absolute Gasteiger partial charge is 0.497 e. The number of hydrogen-bond donors (Lipinski definition) is 1. The summed E-state index contributed by atoms with van der Waals surface area (Å²) in [6.45, 7) is 3.81. The number of benzene rings is 2. The molecule has 0 saturated carbocycles. The zero-order valence-corrected chi connectivity index (χ0v) is 18.0. The number of ether oxygens (including phenoxy) is 1. The third-order valence-corrected chi connectivity index (χ3v) is 5.52. The van der Waals surface area contributed by atoms with Crippen molar-refractivity contribution in [3.63, 3.8) is 0 Å². The summed E-state index contributed by atoms with van der Waals surface area (Å²) in [6.07, 6.45) is 0. The maximum Gasteiger partial charge on any atom is 0.257 e. The summed E-state index contributed by atoms with van der Waals surface area (Å²) in [5, 5.41) is 12.2. The molecule has 2 aromatic carbocycles. The number of aryl methyl sites for hydroxylation is 1. The van der Waals surface area contributed by atoms with Gasteiger partial charge in [0, 0.05) is 22.1 Å². The fourth-order valence-electron chi connectivity index (χ4n) is 2.80. The number of carbonyl (C=O) groups is 1. The molecule has 2 heterocycles. The van der Waals surface area contributed by atoms with E-state index in [-0.39, 0.29) is 5.91 Å². The number of aromatic nitrogens is 5. The summed E-state index contributed by atoms with van der Waals surface area (Å²) in [4.78, 5) is 16.9. The second-order valence-corrected chi connectivity index (χ2v) is 7.64. The van der Waals surface area contributed by atoms with Gasteiger partial charge < -0.3 is 4.74 Å². The fraction of sp³-hybridized carbons (Fsp3) is 0.150. The number of carbonyl (C=O) groups excluding carboxylic acids is 1. The topological polar surface area (TPSA) is 94.8 Å². The van der Waals surface area contributed by atoms with Gasteiger partial charge in [0.05, 0.1) is 18.5 Å². The molecule has 0 saturated heterocycles. The number of hydrogen-bond acceptors (Lipinski definition) is 7. The average Bonchev–Trinajstić information content (AvgIpc) is 3.36. The first-order chi connectivity index (χ1) is 14.5. The van der Waals surface area contributed by atoms with E-state index in [1.165, 1.54) is 0 Å². The maximum absolute atomic E-state index is 12.5. The molecule has 0 aliphatic heterocycles. The molecule has 1 N–H and O–H groups in total. The van der Waals surface area contributed by atoms with Gasteiger partial charge in [-0.15, -0.1) is 5.10 Å². The van der Waals surface area contributed by atoms with Crippen LogP contribution >= 0.6 is 23.1 Å². The monoisotopic (exact) mass is 440 g/mol. The van der Waals surface area contributed by atoms with Crippen LogP contribution in [0.5, 0.6) is 5.75 Å². The lowest BCUT2D eigenvalue weighted by molar-refractivity contribution is 0.102. The second-order valence-electron chi connectivity index (χ2n) is 6.48. The number of rotatable bonds is 5. The van der Waals surface area contributed by atoms with Crippen molar-refractivity contribution in [2.24, 2.45) is 0 Å². The minimum atomic E-state index is -0.300. The molecule has 152 valence electrons. The van der Waals surface area contributed by atoms with Gasteiger partial charge >= 0.3 is 0 Å². The molecule has 0 atom stereocenters. The highest BCUT2D eigenvalue weighted by atomic mass is 35.5. The van der Waals surface area contributed by atoms with Crippen molar-refractivity contribution in [1.29, 1.82) is 0 Å². The van der Waals surface area contributed by atoms with E-state index in [9.17, 15) is 4.79 Å². The molecule has 10 heteroatoms. The number of anilines is 1. The van der Waals surface area contributed by atoms with Gasteiger partial charge in [0.15, 0.2) is 11.5 Å². The summed E-state index contributed by atoms with van der Waals surface area (Å²) in [6, 6.07) is 12.5. The SMILES string of the molecule is COc1cccc(C(=O)Nc2nc(-c3nnn(-c4ccc(C)c(Cl)c4)c3C)ns2)c1. The van der Waals surface area contributed by atoms with Gasteiger partial charge in [-0.25, -0.2) is 4.68 Å². The molecule has 0 radical (unpaired) electrons. The van der Waals surface area contributed by atoms with E-state index in [2.05, 4.69) is 25.0 Å². The molecule has 1 amide bonds. The Morgan fingerprint density at radius 1 is 1.20 bits per heavy atom. The van der Waals surface area contributed by atoms with E-state index in [4.69, 9.17) is 16.3 Å². The van der Waals surface area contributed by atoms with Gasteiger partial charge in [0.1, 0.15) is 5.75 Å². The molecule has 8 nitrogen and oxygen atoms in total. The number of methoxy groups -OCH3 is 1. The van der Waals surface area contributed by atoms with Crippen LogP contribution in [0.15, 0.2) is 42.5 Å². The number of halogens is 1. The molecule has 30 heavy (non-hydrogen) atoms. The highest BCUT2D eigenvalue weighted by Gasteiger charge is 2.18. The minimum absolute atomic E-state index is 0.300. The Balaban J connectivity index is 1.56. The highest BCUT2D eigenvalue weighted by molar-refractivity contribution is 7.10. The first-order valence-electron chi connectivity index (χ1n) is 8.94. The number of amides is 1. The third kappa shape index (κ3) is 3.89. The van der Waals surface area contributed by atoms with E-state index in [0.29, 0.717) is 33.0 Å². The van der Waals surface area contributed by atoms with Crippen molar-refractivity contribution in [1.82, 2.24) is 24.4 Å². The molecular weight excluding hydrogens is 424 g/mol. The minimum Gasteiger partial charge on any atom is -0.497 e. The molecule has 0 aliphatic carbocycles. The van der Waals surface area contributed by atoms with Crippen LogP contribution in [-0.2, 0) is 0 Å². The number of nitrogens with zero attached hydrogens (tertiary/aromatic N) is 5. The lowest BCUT2D eigenvalue weighted by Crippen LogP contribution is -2.11. The van der Waals surface area contributed by atoms with Crippen LogP contribution in [0.4, 0.5) is 5.13 Å². The molecule has 0 bridgehead atoms. The number of nitrogens with one attached hydrogen (secondary N) is 1. The Bertz CT molecular complexity index is 1240. The highest BCUT2D eigenvalue weighted by Crippen LogP contribution is 2.26. The van der Waals surface area contributed by atoms with Gasteiger partial charge in [-0.2, -0.15) is 9.36 Å². The molecule has 4 aromatic rings. The summed E-state index contributed by atoms with van der Waals surface area (Å²) < 4.78 is 11.1. The molecule has 0 unspecified atom stereocenters. The summed E-state index contributed by atoms with van der Waals surface area (Å²) in [5.74, 6) is 0.693. The average molecular weight is 441 g/mol. The van der Waals surface area contributed by atoms with Gasteiger partial charge in [0.25, 0.3) is 5.91 Å². The standard InChI is InChI=1S/C20H17ClN6O2S/c1-11-7-8-14(10-16(11)21)27-12(2)17(24-26-27)18-22-20(30-25-18)23-19(28)13-5-4-6-15(9-13)29-3/h4-10H,1-3H3,(H,22,23,25,28).